The van der Waals surface area contributed by atoms with E-state index in [9.17, 15) is 9.59 Å². The largest absolute Gasteiger partial charge is 0.324 e. The summed E-state index contributed by atoms with van der Waals surface area (Å²) in [7, 11) is 0. The Morgan fingerprint density at radius 3 is 2.57 bits per heavy atom. The van der Waals surface area contributed by atoms with Crippen LogP contribution >= 0.6 is 11.8 Å². The van der Waals surface area contributed by atoms with Gasteiger partial charge in [-0.1, -0.05) is 30.0 Å². The zero-order valence-corrected chi connectivity index (χ0v) is 13.4. The summed E-state index contributed by atoms with van der Waals surface area (Å²) in [5.41, 5.74) is 0.691. The second-order valence-electron chi connectivity index (χ2n) is 5.91. The van der Waals surface area contributed by atoms with Crippen molar-refractivity contribution in [3.8, 4) is 0 Å². The Labute approximate surface area is 138 Å². The van der Waals surface area contributed by atoms with Gasteiger partial charge in [-0.25, -0.2) is 0 Å². The normalized spacial score (nSPS) is 21.0. The molecule has 1 aromatic heterocycles. The lowest BCUT2D eigenvalue weighted by molar-refractivity contribution is -0.116. The number of hydrogen-bond acceptors (Lipinski definition) is 4. The number of rotatable bonds is 4. The highest BCUT2D eigenvalue weighted by molar-refractivity contribution is 8.00. The van der Waals surface area contributed by atoms with Crippen molar-refractivity contribution in [2.75, 3.05) is 11.4 Å². The molecule has 0 N–H and O–H groups in total. The van der Waals surface area contributed by atoms with E-state index in [-0.39, 0.29) is 16.7 Å². The van der Waals surface area contributed by atoms with E-state index in [2.05, 4.69) is 4.98 Å². The van der Waals surface area contributed by atoms with Crippen LogP contribution in [0.15, 0.2) is 52.5 Å². The molecule has 118 valence electrons. The number of amides is 1. The summed E-state index contributed by atoms with van der Waals surface area (Å²) in [6.07, 6.45) is 4.82. The van der Waals surface area contributed by atoms with E-state index in [1.54, 1.807) is 0 Å². The van der Waals surface area contributed by atoms with E-state index < -0.39 is 0 Å². The Hall–Kier alpha value is -2.08. The molecule has 23 heavy (non-hydrogen) atoms. The summed E-state index contributed by atoms with van der Waals surface area (Å²) < 4.78 is 2.05. The molecule has 0 spiro atoms. The zero-order valence-electron chi connectivity index (χ0n) is 12.6. The third-order valence-corrected chi connectivity index (χ3v) is 5.45. The van der Waals surface area contributed by atoms with Gasteiger partial charge in [0.15, 0.2) is 5.16 Å². The van der Waals surface area contributed by atoms with Gasteiger partial charge in [0.2, 0.25) is 5.91 Å². The van der Waals surface area contributed by atoms with Gasteiger partial charge in [-0.3, -0.25) is 9.59 Å². The Kier molecular flexibility index (Phi) is 3.69. The fourth-order valence-corrected chi connectivity index (χ4v) is 4.05. The summed E-state index contributed by atoms with van der Waals surface area (Å²) in [5, 5.41) is 0.503. The van der Waals surface area contributed by atoms with E-state index in [4.69, 9.17) is 0 Å². The zero-order chi connectivity index (χ0) is 15.8. The van der Waals surface area contributed by atoms with Crippen LogP contribution in [0.5, 0.6) is 0 Å². The Balaban J connectivity index is 1.55. The van der Waals surface area contributed by atoms with Crippen molar-refractivity contribution < 1.29 is 4.79 Å². The van der Waals surface area contributed by atoms with Gasteiger partial charge < -0.3 is 9.47 Å². The molecule has 1 aromatic carbocycles. The number of benzene rings is 1. The number of aromatic nitrogens is 2. The maximum absolute atomic E-state index is 12.7. The van der Waals surface area contributed by atoms with E-state index in [1.165, 1.54) is 17.8 Å². The average molecular weight is 327 g/mol. The SMILES string of the molecule is O=C1[C@@H](Sc2nc(=O)ccn2C2CC2)CCN1c1ccccc1. The number of thioether (sulfide) groups is 1. The van der Waals surface area contributed by atoms with Crippen LogP contribution in [0.25, 0.3) is 0 Å². The Morgan fingerprint density at radius 2 is 1.83 bits per heavy atom. The van der Waals surface area contributed by atoms with Crippen molar-refractivity contribution in [1.29, 1.82) is 0 Å². The third kappa shape index (κ3) is 2.91. The Bertz CT molecular complexity index is 786. The number of nitrogens with zero attached hydrogens (tertiary/aromatic N) is 3. The molecule has 0 radical (unpaired) electrons. The van der Waals surface area contributed by atoms with Crippen LogP contribution in [0.4, 0.5) is 5.69 Å². The van der Waals surface area contributed by atoms with Gasteiger partial charge in [-0.2, -0.15) is 4.98 Å². The molecule has 5 nitrogen and oxygen atoms in total. The maximum atomic E-state index is 12.7. The van der Waals surface area contributed by atoms with Crippen molar-refractivity contribution in [2.45, 2.75) is 35.7 Å². The van der Waals surface area contributed by atoms with Crippen molar-refractivity contribution in [2.24, 2.45) is 0 Å². The van der Waals surface area contributed by atoms with Crippen LogP contribution in [0.1, 0.15) is 25.3 Å². The minimum Gasteiger partial charge on any atom is -0.324 e. The van der Waals surface area contributed by atoms with E-state index >= 15 is 0 Å². The maximum Gasteiger partial charge on any atom is 0.273 e. The smallest absolute Gasteiger partial charge is 0.273 e. The minimum atomic E-state index is -0.241. The first kappa shape index (κ1) is 14.5. The average Bonchev–Trinajstić information content (AvgIpc) is 3.34. The van der Waals surface area contributed by atoms with Gasteiger partial charge >= 0.3 is 0 Å². The molecule has 4 rings (SSSR count). The van der Waals surface area contributed by atoms with Gasteiger partial charge in [0.25, 0.3) is 5.56 Å². The van der Waals surface area contributed by atoms with Crippen LogP contribution in [0.2, 0.25) is 0 Å². The number of para-hydroxylation sites is 1. The first-order valence-corrected chi connectivity index (χ1v) is 8.72. The number of anilines is 1. The second-order valence-corrected chi connectivity index (χ2v) is 7.08. The molecule has 1 amide bonds. The molecule has 0 bridgehead atoms. The van der Waals surface area contributed by atoms with Gasteiger partial charge in [-0.15, -0.1) is 0 Å². The predicted molar refractivity (Wildman–Crippen MR) is 89.8 cm³/mol. The molecular formula is C17H17N3O2S. The summed E-state index contributed by atoms with van der Waals surface area (Å²) in [5.74, 6) is 0.0987. The fourth-order valence-electron chi connectivity index (χ4n) is 2.87. The molecule has 1 saturated carbocycles. The number of carbonyl (C=O) groups is 1. The molecule has 2 fully saturated rings. The van der Waals surface area contributed by atoms with E-state index in [0.717, 1.165) is 24.9 Å². The van der Waals surface area contributed by atoms with Gasteiger partial charge in [0.1, 0.15) is 0 Å². The second kappa shape index (κ2) is 5.85. The third-order valence-electron chi connectivity index (χ3n) is 4.22. The monoisotopic (exact) mass is 327 g/mol. The first-order valence-electron chi connectivity index (χ1n) is 7.84. The van der Waals surface area contributed by atoms with Crippen LogP contribution < -0.4 is 10.5 Å². The molecule has 2 aromatic rings. The highest BCUT2D eigenvalue weighted by Gasteiger charge is 2.35. The Morgan fingerprint density at radius 1 is 1.04 bits per heavy atom. The fraction of sp³-hybridized carbons (Fsp3) is 0.353. The van der Waals surface area contributed by atoms with Gasteiger partial charge in [-0.05, 0) is 31.4 Å². The lowest BCUT2D eigenvalue weighted by atomic mass is 10.3. The first-order chi connectivity index (χ1) is 11.2. The summed E-state index contributed by atoms with van der Waals surface area (Å²) >= 11 is 1.43. The molecule has 1 aliphatic carbocycles. The molecule has 0 unspecified atom stereocenters. The summed E-state index contributed by atoms with van der Waals surface area (Å²) in [4.78, 5) is 30.2. The van der Waals surface area contributed by atoms with Crippen molar-refractivity contribution in [1.82, 2.24) is 9.55 Å². The quantitative estimate of drug-likeness (QED) is 0.810. The molecule has 2 heterocycles. The molecule has 1 saturated heterocycles. The van der Waals surface area contributed by atoms with Crippen molar-refractivity contribution in [3.05, 3.63) is 52.9 Å². The van der Waals surface area contributed by atoms with Crippen LogP contribution in [0.3, 0.4) is 0 Å². The summed E-state index contributed by atoms with van der Waals surface area (Å²) in [6, 6.07) is 11.7. The highest BCUT2D eigenvalue weighted by Crippen LogP contribution is 2.39. The van der Waals surface area contributed by atoms with E-state index in [1.807, 2.05) is 46.0 Å². The van der Waals surface area contributed by atoms with Gasteiger partial charge in [0.05, 0.1) is 5.25 Å². The lowest BCUT2D eigenvalue weighted by Gasteiger charge is -2.17. The van der Waals surface area contributed by atoms with Crippen LogP contribution in [-0.2, 0) is 4.79 Å². The molecule has 1 aliphatic heterocycles. The molecule has 6 heteroatoms. The molecule has 1 atom stereocenters. The topological polar surface area (TPSA) is 55.2 Å². The molecule has 2 aliphatic rings. The van der Waals surface area contributed by atoms with Gasteiger partial charge in [0, 0.05) is 30.5 Å². The number of carbonyl (C=O) groups excluding carboxylic acids is 1. The van der Waals surface area contributed by atoms with E-state index in [0.29, 0.717) is 17.7 Å². The minimum absolute atomic E-state index is 0.0987. The van der Waals surface area contributed by atoms with Crippen LogP contribution in [0, 0.1) is 0 Å². The van der Waals surface area contributed by atoms with Crippen molar-refractivity contribution >= 4 is 23.4 Å². The predicted octanol–water partition coefficient (Wildman–Crippen LogP) is 2.48. The summed E-state index contributed by atoms with van der Waals surface area (Å²) in [6.45, 7) is 0.709. The number of hydrogen-bond donors (Lipinski definition) is 0. The lowest BCUT2D eigenvalue weighted by Crippen LogP contribution is -2.28. The standard InChI is InChI=1S/C17H17N3O2S/c21-15-9-11-20(13-6-7-13)17(18-15)23-14-8-10-19(16(14)22)12-4-2-1-3-5-12/h1-5,9,11,13-14H,6-8,10H2/t14-/m0/s1. The molecular weight excluding hydrogens is 310 g/mol. The van der Waals surface area contributed by atoms with Crippen molar-refractivity contribution in [3.63, 3.8) is 0 Å². The highest BCUT2D eigenvalue weighted by atomic mass is 32.2. The van der Waals surface area contributed by atoms with Crippen LogP contribution in [-0.4, -0.2) is 27.3 Å².